The van der Waals surface area contributed by atoms with Crippen molar-refractivity contribution in [2.24, 2.45) is 10.1 Å². The van der Waals surface area contributed by atoms with Crippen LogP contribution in [-0.2, 0) is 4.79 Å². The number of carbonyl (C=O) groups is 1. The molecular formula is C22H19FN4O2S. The van der Waals surface area contributed by atoms with E-state index >= 15 is 0 Å². The topological polar surface area (TPSA) is 68.0 Å². The van der Waals surface area contributed by atoms with E-state index in [9.17, 15) is 9.18 Å². The van der Waals surface area contributed by atoms with Crippen molar-refractivity contribution < 1.29 is 13.9 Å². The molecule has 30 heavy (non-hydrogen) atoms. The van der Waals surface area contributed by atoms with Crippen molar-refractivity contribution in [1.29, 1.82) is 0 Å². The average molecular weight is 422 g/mol. The monoisotopic (exact) mass is 422 g/mol. The van der Waals surface area contributed by atoms with E-state index in [1.807, 2.05) is 23.6 Å². The van der Waals surface area contributed by atoms with E-state index in [1.54, 1.807) is 22.9 Å². The Kier molecular flexibility index (Phi) is 4.92. The quantitative estimate of drug-likeness (QED) is 0.665. The van der Waals surface area contributed by atoms with Crippen molar-refractivity contribution in [2.75, 3.05) is 11.9 Å². The molecule has 2 heterocycles. The Morgan fingerprint density at radius 2 is 1.97 bits per heavy atom. The smallest absolute Gasteiger partial charge is 0.262 e. The first kappa shape index (κ1) is 18.7. The summed E-state index contributed by atoms with van der Waals surface area (Å²) in [5, 5.41) is 9.64. The number of nitrogens with zero attached hydrogens (tertiary/aromatic N) is 3. The van der Waals surface area contributed by atoms with Crippen LogP contribution in [0.15, 0.2) is 57.9 Å². The number of thiazole rings is 1. The van der Waals surface area contributed by atoms with Crippen molar-refractivity contribution in [3.05, 3.63) is 58.5 Å². The Hall–Kier alpha value is -3.26. The van der Waals surface area contributed by atoms with Crippen molar-refractivity contribution in [2.45, 2.75) is 25.7 Å². The molecule has 1 saturated carbocycles. The van der Waals surface area contributed by atoms with Crippen LogP contribution in [0.5, 0.6) is 5.75 Å². The molecule has 5 rings (SSSR count). The maximum Gasteiger partial charge on any atom is 0.262 e. The summed E-state index contributed by atoms with van der Waals surface area (Å²) in [6.07, 6.45) is 4.16. The largest absolute Gasteiger partial charge is 0.482 e. The van der Waals surface area contributed by atoms with Gasteiger partial charge < -0.3 is 10.1 Å². The third-order valence-corrected chi connectivity index (χ3v) is 5.90. The summed E-state index contributed by atoms with van der Waals surface area (Å²) in [6.45, 7) is 0.0180. The lowest BCUT2D eigenvalue weighted by molar-refractivity contribution is -0.118. The van der Waals surface area contributed by atoms with Crippen LogP contribution in [0, 0.1) is 5.82 Å². The number of hydrogen-bond donors (Lipinski definition) is 1. The molecule has 6 nitrogen and oxygen atoms in total. The summed E-state index contributed by atoms with van der Waals surface area (Å²) in [6, 6.07) is 12.1. The maximum absolute atomic E-state index is 14.2. The van der Waals surface area contributed by atoms with E-state index < -0.39 is 0 Å². The molecule has 2 aromatic carbocycles. The van der Waals surface area contributed by atoms with Gasteiger partial charge in [-0.05, 0) is 56.0 Å². The molecule has 0 atom stereocenters. The lowest BCUT2D eigenvalue weighted by Gasteiger charge is -2.18. The number of carbonyl (C=O) groups excluding carboxylic acids is 1. The van der Waals surface area contributed by atoms with Crippen molar-refractivity contribution in [1.82, 2.24) is 4.68 Å². The van der Waals surface area contributed by atoms with Gasteiger partial charge in [-0.1, -0.05) is 12.1 Å². The van der Waals surface area contributed by atoms with Crippen LogP contribution in [0.2, 0.25) is 0 Å². The molecule has 1 N–H and O–H groups in total. The fraction of sp³-hybridized carbons (Fsp3) is 0.227. The average Bonchev–Trinajstić information content (AvgIpc) is 3.40. The maximum atomic E-state index is 14.2. The number of para-hydroxylation sites is 1. The lowest BCUT2D eigenvalue weighted by atomic mass is 10.1. The highest BCUT2D eigenvalue weighted by atomic mass is 32.1. The number of anilines is 1. The summed E-state index contributed by atoms with van der Waals surface area (Å²) < 4.78 is 21.4. The highest BCUT2D eigenvalue weighted by Gasteiger charge is 2.18. The molecule has 2 aliphatic rings. The minimum absolute atomic E-state index is 0.0180. The number of nitrogens with one attached hydrogen (secondary N) is 1. The van der Waals surface area contributed by atoms with Gasteiger partial charge in [-0.25, -0.2) is 14.1 Å². The molecule has 0 bridgehead atoms. The van der Waals surface area contributed by atoms with Crippen LogP contribution in [0.3, 0.4) is 0 Å². The van der Waals surface area contributed by atoms with E-state index in [1.165, 1.54) is 17.4 Å². The minimum Gasteiger partial charge on any atom is -0.482 e. The summed E-state index contributed by atoms with van der Waals surface area (Å²) in [7, 11) is 0. The van der Waals surface area contributed by atoms with Gasteiger partial charge in [0.15, 0.2) is 6.61 Å². The zero-order valence-electron chi connectivity index (χ0n) is 16.1. The Balaban J connectivity index is 1.65. The van der Waals surface area contributed by atoms with Crippen molar-refractivity contribution >= 4 is 34.3 Å². The second kappa shape index (κ2) is 7.87. The van der Waals surface area contributed by atoms with Crippen LogP contribution < -0.4 is 14.9 Å². The first-order valence-corrected chi connectivity index (χ1v) is 10.7. The van der Waals surface area contributed by atoms with Gasteiger partial charge in [-0.3, -0.25) is 4.79 Å². The molecule has 0 spiro atoms. The van der Waals surface area contributed by atoms with E-state index in [0.29, 0.717) is 16.2 Å². The third kappa shape index (κ3) is 3.66. The SMILES string of the molecule is O=C1COc2ccc(-c3csc(=Nc4ccccc4F)n3N=C3CCCC3)cc2N1. The number of benzene rings is 2. The predicted molar refractivity (Wildman–Crippen MR) is 115 cm³/mol. The van der Waals surface area contributed by atoms with E-state index in [4.69, 9.17) is 9.84 Å². The Labute approximate surface area is 176 Å². The van der Waals surface area contributed by atoms with Crippen molar-refractivity contribution in [3.63, 3.8) is 0 Å². The molecule has 152 valence electrons. The fourth-order valence-corrected chi connectivity index (χ4v) is 4.43. The molecule has 1 amide bonds. The second-order valence-electron chi connectivity index (χ2n) is 7.20. The first-order valence-electron chi connectivity index (χ1n) is 9.81. The molecular weight excluding hydrogens is 403 g/mol. The standard InChI is InChI=1S/C22H19FN4O2S/c23-16-7-3-4-8-17(16)25-22-27(26-15-5-1-2-6-15)19(13-30-22)14-9-10-20-18(11-14)24-21(28)12-29-20/h3-4,7-11,13H,1-2,5-6,12H2,(H,24,28). The lowest BCUT2D eigenvalue weighted by Crippen LogP contribution is -2.25. The van der Waals surface area contributed by atoms with Gasteiger partial charge in [0.1, 0.15) is 17.3 Å². The number of hydrogen-bond acceptors (Lipinski definition) is 5. The number of aromatic nitrogens is 1. The summed E-state index contributed by atoms with van der Waals surface area (Å²) >= 11 is 1.40. The molecule has 0 unspecified atom stereocenters. The summed E-state index contributed by atoms with van der Waals surface area (Å²) in [5.74, 6) is 0.0824. The first-order chi connectivity index (χ1) is 14.7. The third-order valence-electron chi connectivity index (χ3n) is 5.08. The normalized spacial score (nSPS) is 16.2. The number of rotatable bonds is 3. The van der Waals surface area contributed by atoms with E-state index in [-0.39, 0.29) is 24.0 Å². The Morgan fingerprint density at radius 3 is 2.80 bits per heavy atom. The zero-order chi connectivity index (χ0) is 20.5. The number of fused-ring (bicyclic) bond motifs is 1. The molecule has 1 aliphatic heterocycles. The minimum atomic E-state index is -0.374. The highest BCUT2D eigenvalue weighted by Crippen LogP contribution is 2.33. The Morgan fingerprint density at radius 1 is 1.13 bits per heavy atom. The van der Waals surface area contributed by atoms with Gasteiger partial charge in [-0.15, -0.1) is 11.3 Å². The highest BCUT2D eigenvalue weighted by molar-refractivity contribution is 7.07. The van der Waals surface area contributed by atoms with Gasteiger partial charge in [0.25, 0.3) is 5.91 Å². The Bertz CT molecular complexity index is 1220. The van der Waals surface area contributed by atoms with Gasteiger partial charge >= 0.3 is 0 Å². The predicted octanol–water partition coefficient (Wildman–Crippen LogP) is 4.70. The molecule has 0 saturated heterocycles. The second-order valence-corrected chi connectivity index (χ2v) is 8.04. The molecule has 1 aliphatic carbocycles. The molecule has 0 radical (unpaired) electrons. The summed E-state index contributed by atoms with van der Waals surface area (Å²) in [5.41, 5.74) is 3.71. The number of halogens is 1. The fourth-order valence-electron chi connectivity index (χ4n) is 3.58. The van der Waals surface area contributed by atoms with Gasteiger partial charge in [0.2, 0.25) is 4.80 Å². The van der Waals surface area contributed by atoms with Gasteiger partial charge in [-0.2, -0.15) is 5.10 Å². The van der Waals surface area contributed by atoms with Crippen LogP contribution in [0.4, 0.5) is 15.8 Å². The molecule has 8 heteroatoms. The zero-order valence-corrected chi connectivity index (χ0v) is 16.9. The molecule has 1 fully saturated rings. The van der Waals surface area contributed by atoms with Crippen LogP contribution in [0.25, 0.3) is 11.3 Å². The molecule has 3 aromatic rings. The van der Waals surface area contributed by atoms with Crippen molar-refractivity contribution in [3.8, 4) is 17.0 Å². The summed E-state index contributed by atoms with van der Waals surface area (Å²) in [4.78, 5) is 16.8. The van der Waals surface area contributed by atoms with Gasteiger partial charge in [0.05, 0.1) is 11.4 Å². The van der Waals surface area contributed by atoms with E-state index in [2.05, 4.69) is 10.3 Å². The van der Waals surface area contributed by atoms with Gasteiger partial charge in [0, 0.05) is 16.7 Å². The van der Waals surface area contributed by atoms with E-state index in [0.717, 1.165) is 42.7 Å². The number of ether oxygens (including phenoxy) is 1. The molecule has 1 aromatic heterocycles. The van der Waals surface area contributed by atoms with Crippen LogP contribution in [0.1, 0.15) is 25.7 Å². The van der Waals surface area contributed by atoms with Crippen LogP contribution >= 0.6 is 11.3 Å². The van der Waals surface area contributed by atoms with Crippen LogP contribution in [-0.4, -0.2) is 22.9 Å². The number of amides is 1.